The fourth-order valence-corrected chi connectivity index (χ4v) is 6.40. The quantitative estimate of drug-likeness (QED) is 0.605. The van der Waals surface area contributed by atoms with Gasteiger partial charge in [0.1, 0.15) is 5.82 Å². The Hall–Kier alpha value is -1.82. The van der Waals surface area contributed by atoms with E-state index >= 15 is 0 Å². The third-order valence-electron chi connectivity index (χ3n) is 7.46. The molecule has 2 aromatic rings. The van der Waals surface area contributed by atoms with Crippen LogP contribution in [-0.2, 0) is 12.8 Å². The maximum Gasteiger partial charge on any atom is 0.408 e. The first-order chi connectivity index (χ1) is 13.2. The summed E-state index contributed by atoms with van der Waals surface area (Å²) in [5, 5.41) is 10.0. The maximum atomic E-state index is 12.2. The summed E-state index contributed by atoms with van der Waals surface area (Å²) in [5.41, 5.74) is 4.58. The van der Waals surface area contributed by atoms with Gasteiger partial charge in [-0.15, -0.1) is 0 Å². The van der Waals surface area contributed by atoms with Gasteiger partial charge in [0, 0.05) is 21.5 Å². The van der Waals surface area contributed by atoms with Crippen LogP contribution in [0.25, 0.3) is 11.3 Å². The lowest BCUT2D eigenvalue weighted by atomic mass is 9.61. The van der Waals surface area contributed by atoms with Crippen LogP contribution in [0.5, 0.6) is 0 Å². The molecule has 28 heavy (non-hydrogen) atoms. The lowest BCUT2D eigenvalue weighted by Gasteiger charge is -2.47. The number of aromatic nitrogens is 2. The van der Waals surface area contributed by atoms with E-state index in [1.54, 1.807) is 4.90 Å². The lowest BCUT2D eigenvalue weighted by molar-refractivity contribution is 0.00808. The smallest absolute Gasteiger partial charge is 0.408 e. The number of aryl methyl sites for hydroxylation is 2. The van der Waals surface area contributed by atoms with Gasteiger partial charge in [-0.1, -0.05) is 42.8 Å². The Morgan fingerprint density at radius 2 is 2.14 bits per heavy atom. The number of likely N-dealkylation sites (tertiary alicyclic amines) is 1. The van der Waals surface area contributed by atoms with Crippen LogP contribution in [0.1, 0.15) is 63.2 Å². The van der Waals surface area contributed by atoms with Gasteiger partial charge in [-0.25, -0.2) is 9.78 Å². The van der Waals surface area contributed by atoms with E-state index in [4.69, 9.17) is 4.98 Å². The lowest BCUT2D eigenvalue weighted by Crippen LogP contribution is -2.46. The molecule has 0 unspecified atom stereocenters. The average Bonchev–Trinajstić information content (AvgIpc) is 3.31. The van der Waals surface area contributed by atoms with E-state index in [1.807, 2.05) is 0 Å². The molecule has 1 saturated heterocycles. The van der Waals surface area contributed by atoms with Crippen molar-refractivity contribution in [2.75, 3.05) is 0 Å². The first kappa shape index (κ1) is 18.2. The normalized spacial score (nSPS) is 28.4. The van der Waals surface area contributed by atoms with Crippen LogP contribution in [0, 0.1) is 10.8 Å². The number of carbonyl (C=O) groups is 1. The topological polar surface area (TPSA) is 69.2 Å². The van der Waals surface area contributed by atoms with E-state index < -0.39 is 6.09 Å². The van der Waals surface area contributed by atoms with Gasteiger partial charge in [-0.2, -0.15) is 0 Å². The highest BCUT2D eigenvalue weighted by molar-refractivity contribution is 9.10. The van der Waals surface area contributed by atoms with Gasteiger partial charge < -0.3 is 10.1 Å². The van der Waals surface area contributed by atoms with Gasteiger partial charge in [0.05, 0.1) is 17.4 Å². The van der Waals surface area contributed by atoms with Crippen molar-refractivity contribution >= 4 is 22.0 Å². The van der Waals surface area contributed by atoms with E-state index in [0.717, 1.165) is 53.8 Å². The molecule has 3 atom stereocenters. The second-order valence-electron chi connectivity index (χ2n) is 9.64. The first-order valence-electron chi connectivity index (χ1n) is 10.1. The molecule has 2 bridgehead atoms. The number of piperidine rings is 1. The minimum absolute atomic E-state index is 0.00663. The molecule has 5 rings (SSSR count). The van der Waals surface area contributed by atoms with Crippen LogP contribution in [0.15, 0.2) is 22.7 Å². The predicted molar refractivity (Wildman–Crippen MR) is 111 cm³/mol. The highest BCUT2D eigenvalue weighted by atomic mass is 79.9. The number of halogens is 1. The highest BCUT2D eigenvalue weighted by Crippen LogP contribution is 2.66. The number of nitrogens with zero attached hydrogens (tertiary/aromatic N) is 2. The molecule has 1 amide bonds. The van der Waals surface area contributed by atoms with Gasteiger partial charge in [0.25, 0.3) is 0 Å². The number of aromatic amines is 1. The fraction of sp³-hybridized carbons (Fsp3) is 0.545. The number of amides is 1. The number of H-pyrrole nitrogens is 1. The second-order valence-corrected chi connectivity index (χ2v) is 10.6. The summed E-state index contributed by atoms with van der Waals surface area (Å²) in [7, 11) is 0. The molecule has 1 aromatic carbocycles. The summed E-state index contributed by atoms with van der Waals surface area (Å²) in [6.07, 6.45) is 3.98. The number of hydrogen-bond acceptors (Lipinski definition) is 2. The van der Waals surface area contributed by atoms with Crippen molar-refractivity contribution in [1.82, 2.24) is 14.9 Å². The van der Waals surface area contributed by atoms with Crippen LogP contribution in [-0.4, -0.2) is 32.1 Å². The Labute approximate surface area is 173 Å². The Morgan fingerprint density at radius 3 is 2.86 bits per heavy atom. The van der Waals surface area contributed by atoms with Gasteiger partial charge in [-0.3, -0.25) is 4.90 Å². The van der Waals surface area contributed by atoms with Crippen molar-refractivity contribution in [2.45, 2.75) is 65.0 Å². The molecule has 148 valence electrons. The van der Waals surface area contributed by atoms with Gasteiger partial charge in [0.2, 0.25) is 0 Å². The molecule has 1 aromatic heterocycles. The number of imidazole rings is 1. The number of nitrogens with one attached hydrogen (secondary N) is 1. The van der Waals surface area contributed by atoms with Gasteiger partial charge in [0.15, 0.2) is 0 Å². The van der Waals surface area contributed by atoms with E-state index in [1.165, 1.54) is 11.1 Å². The molecule has 2 aliphatic carbocycles. The van der Waals surface area contributed by atoms with E-state index in [2.05, 4.69) is 59.9 Å². The van der Waals surface area contributed by atoms with Crippen LogP contribution >= 0.6 is 15.9 Å². The molecular weight excluding hydrogens is 418 g/mol. The molecule has 5 nitrogen and oxygen atoms in total. The third-order valence-corrected chi connectivity index (χ3v) is 7.95. The highest BCUT2D eigenvalue weighted by Gasteiger charge is 2.64. The standard InChI is InChI=1S/C22H26BrN3O2/c1-21(2,3)22-9-8-14(11-22)26(20(27)28)18(22)19-24-16-7-4-12-10-13(23)5-6-15(12)17(16)25-19/h5-6,10,14,18H,4,7-9,11H2,1-3H3,(H,24,25)(H,27,28)/t14-,18-,22-/m1/s1. The fourth-order valence-electron chi connectivity index (χ4n) is 5.99. The summed E-state index contributed by atoms with van der Waals surface area (Å²) in [6.45, 7) is 6.76. The molecule has 6 heteroatoms. The second kappa shape index (κ2) is 5.85. The monoisotopic (exact) mass is 443 g/mol. The minimum atomic E-state index is -0.820. The SMILES string of the molecule is CC(C)(C)[C@]12CC[C@H](C1)N(C(=O)O)[C@@H]2c1nc2c([nH]1)-c1ccc(Br)cc1CC2. The Kier molecular flexibility index (Phi) is 3.81. The molecular formula is C22H26BrN3O2. The summed E-state index contributed by atoms with van der Waals surface area (Å²) in [5.74, 6) is 0.834. The van der Waals surface area contributed by atoms with Crippen molar-refractivity contribution in [2.24, 2.45) is 10.8 Å². The molecule has 0 spiro atoms. The number of carboxylic acid groups (broad SMARTS) is 1. The minimum Gasteiger partial charge on any atom is -0.465 e. The molecule has 1 saturated carbocycles. The number of benzene rings is 1. The Bertz CT molecular complexity index is 977. The first-order valence-corrected chi connectivity index (χ1v) is 10.9. The predicted octanol–water partition coefficient (Wildman–Crippen LogP) is 5.56. The van der Waals surface area contributed by atoms with Crippen LogP contribution in [0.4, 0.5) is 4.79 Å². The third kappa shape index (κ3) is 2.36. The van der Waals surface area contributed by atoms with E-state index in [-0.39, 0.29) is 22.9 Å². The van der Waals surface area contributed by atoms with Crippen molar-refractivity contribution in [3.8, 4) is 11.3 Å². The summed E-state index contributed by atoms with van der Waals surface area (Å²) >= 11 is 3.57. The van der Waals surface area contributed by atoms with Gasteiger partial charge >= 0.3 is 6.09 Å². The Morgan fingerprint density at radius 1 is 1.36 bits per heavy atom. The number of hydrogen-bond donors (Lipinski definition) is 2. The molecule has 2 fully saturated rings. The zero-order valence-corrected chi connectivity index (χ0v) is 18.1. The Balaban J connectivity index is 1.65. The van der Waals surface area contributed by atoms with Gasteiger partial charge in [-0.05, 0) is 55.2 Å². The van der Waals surface area contributed by atoms with E-state index in [0.29, 0.717) is 0 Å². The van der Waals surface area contributed by atoms with Crippen molar-refractivity contribution in [3.63, 3.8) is 0 Å². The van der Waals surface area contributed by atoms with Crippen LogP contribution in [0.2, 0.25) is 0 Å². The molecule has 3 aliphatic rings. The molecule has 1 aliphatic heterocycles. The molecule has 0 radical (unpaired) electrons. The summed E-state index contributed by atoms with van der Waals surface area (Å²) in [4.78, 5) is 22.5. The van der Waals surface area contributed by atoms with Crippen LogP contribution < -0.4 is 0 Å². The van der Waals surface area contributed by atoms with Crippen molar-refractivity contribution < 1.29 is 9.90 Å². The van der Waals surface area contributed by atoms with E-state index in [9.17, 15) is 9.90 Å². The largest absolute Gasteiger partial charge is 0.465 e. The number of rotatable bonds is 1. The molecule has 2 heterocycles. The number of fused-ring (bicyclic) bond motifs is 5. The average molecular weight is 444 g/mol. The zero-order chi connectivity index (χ0) is 19.8. The summed E-state index contributed by atoms with van der Waals surface area (Å²) < 4.78 is 1.09. The summed E-state index contributed by atoms with van der Waals surface area (Å²) in [6, 6.07) is 6.28. The maximum absolute atomic E-state index is 12.2. The van der Waals surface area contributed by atoms with Crippen molar-refractivity contribution in [3.05, 3.63) is 39.8 Å². The molecule has 2 N–H and O–H groups in total. The van der Waals surface area contributed by atoms with Crippen molar-refractivity contribution in [1.29, 1.82) is 0 Å². The van der Waals surface area contributed by atoms with Crippen LogP contribution in [0.3, 0.4) is 0 Å². The zero-order valence-electron chi connectivity index (χ0n) is 16.6.